The molecule has 3 aliphatic heterocycles. The summed E-state index contributed by atoms with van der Waals surface area (Å²) in [6.07, 6.45) is 6.57. The van der Waals surface area contributed by atoms with Crippen molar-refractivity contribution < 1.29 is 4.79 Å². The van der Waals surface area contributed by atoms with Crippen molar-refractivity contribution in [3.8, 4) is 0 Å². The van der Waals surface area contributed by atoms with Gasteiger partial charge in [0.05, 0.1) is 17.1 Å². The summed E-state index contributed by atoms with van der Waals surface area (Å²) >= 11 is 2.01. The molecule has 162 valence electrons. The molecule has 1 aliphatic carbocycles. The molecule has 4 nitrogen and oxygen atoms in total. The molecule has 1 saturated heterocycles. The lowest BCUT2D eigenvalue weighted by Crippen LogP contribution is -2.55. The van der Waals surface area contributed by atoms with Crippen LogP contribution in [-0.2, 0) is 16.6 Å². The van der Waals surface area contributed by atoms with Gasteiger partial charge in [-0.1, -0.05) is 30.7 Å². The number of hydrogen-bond acceptors (Lipinski definition) is 4. The van der Waals surface area contributed by atoms with Gasteiger partial charge in [-0.25, -0.2) is 0 Å². The minimum Gasteiger partial charge on any atom is -0.364 e. The predicted molar refractivity (Wildman–Crippen MR) is 128 cm³/mol. The number of fused-ring (bicyclic) bond motifs is 3. The van der Waals surface area contributed by atoms with Gasteiger partial charge in [-0.2, -0.15) is 0 Å². The summed E-state index contributed by atoms with van der Waals surface area (Å²) in [5.74, 6) is 1.44. The van der Waals surface area contributed by atoms with Gasteiger partial charge in [0, 0.05) is 36.0 Å². The van der Waals surface area contributed by atoms with Crippen LogP contribution in [0.3, 0.4) is 0 Å². The molecule has 2 unspecified atom stereocenters. The first kappa shape index (κ1) is 19.7. The zero-order valence-corrected chi connectivity index (χ0v) is 18.9. The maximum Gasteiger partial charge on any atom is 0.235 e. The van der Waals surface area contributed by atoms with Gasteiger partial charge in [-0.05, 0) is 68.0 Å². The van der Waals surface area contributed by atoms with Gasteiger partial charge in [-0.15, -0.1) is 11.8 Å². The number of hydrogen-bond donors (Lipinski definition) is 1. The van der Waals surface area contributed by atoms with Crippen molar-refractivity contribution in [2.24, 2.45) is 0 Å². The largest absolute Gasteiger partial charge is 0.364 e. The zero-order valence-electron chi connectivity index (χ0n) is 18.1. The second-order valence-electron chi connectivity index (χ2n) is 9.61. The van der Waals surface area contributed by atoms with E-state index in [0.717, 1.165) is 57.4 Å². The number of nitrogens with one attached hydrogen (secondary N) is 1. The molecule has 4 aliphatic rings. The van der Waals surface area contributed by atoms with E-state index in [1.54, 1.807) is 0 Å². The predicted octanol–water partition coefficient (Wildman–Crippen LogP) is 4.68. The maximum absolute atomic E-state index is 13.0. The molecule has 31 heavy (non-hydrogen) atoms. The summed E-state index contributed by atoms with van der Waals surface area (Å²) in [5, 5.41) is 3.19. The van der Waals surface area contributed by atoms with E-state index in [0.29, 0.717) is 6.04 Å². The van der Waals surface area contributed by atoms with E-state index in [2.05, 4.69) is 57.6 Å². The Bertz CT molecular complexity index is 1010. The molecule has 0 bridgehead atoms. The van der Waals surface area contributed by atoms with Crippen LogP contribution < -0.4 is 10.2 Å². The third-order valence-corrected chi connectivity index (χ3v) is 9.07. The Morgan fingerprint density at radius 1 is 1.10 bits per heavy atom. The molecule has 0 spiro atoms. The van der Waals surface area contributed by atoms with Gasteiger partial charge < -0.3 is 10.2 Å². The maximum atomic E-state index is 13.0. The number of amides is 1. The van der Waals surface area contributed by atoms with Crippen molar-refractivity contribution in [2.45, 2.75) is 54.9 Å². The van der Waals surface area contributed by atoms with Crippen molar-refractivity contribution >= 4 is 29.0 Å². The average molecular weight is 434 g/mol. The monoisotopic (exact) mass is 433 g/mol. The van der Waals surface area contributed by atoms with Gasteiger partial charge in [0.25, 0.3) is 0 Å². The second-order valence-corrected chi connectivity index (χ2v) is 10.7. The molecule has 5 heteroatoms. The molecule has 0 radical (unpaired) electrons. The van der Waals surface area contributed by atoms with Crippen LogP contribution in [0.15, 0.2) is 47.4 Å². The Morgan fingerprint density at radius 2 is 2.03 bits per heavy atom. The van der Waals surface area contributed by atoms with Crippen LogP contribution in [-0.4, -0.2) is 48.8 Å². The molecule has 0 saturated carbocycles. The number of piperazine rings is 1. The molecule has 2 atom stereocenters. The molecule has 6 rings (SSSR count). The van der Waals surface area contributed by atoms with Crippen LogP contribution >= 0.6 is 11.8 Å². The Kier molecular flexibility index (Phi) is 4.99. The summed E-state index contributed by atoms with van der Waals surface area (Å²) < 4.78 is 0. The fourth-order valence-corrected chi connectivity index (χ4v) is 7.53. The summed E-state index contributed by atoms with van der Waals surface area (Å²) in [4.78, 5) is 19.7. The smallest absolute Gasteiger partial charge is 0.235 e. The Balaban J connectivity index is 1.06. The first-order valence-corrected chi connectivity index (χ1v) is 12.9. The van der Waals surface area contributed by atoms with E-state index in [1.165, 1.54) is 40.4 Å². The van der Waals surface area contributed by atoms with E-state index in [-0.39, 0.29) is 11.3 Å². The Morgan fingerprint density at radius 3 is 3.00 bits per heavy atom. The minimum absolute atomic E-state index is 0.251. The lowest BCUT2D eigenvalue weighted by molar-refractivity contribution is -0.121. The quantitative estimate of drug-likeness (QED) is 0.695. The molecule has 0 aromatic heterocycles. The van der Waals surface area contributed by atoms with Crippen LogP contribution in [0, 0.1) is 0 Å². The zero-order chi connectivity index (χ0) is 20.8. The molecular weight excluding hydrogens is 402 g/mol. The molecular formula is C26H31N3OS. The molecule has 2 aromatic carbocycles. The molecule has 3 heterocycles. The SMILES string of the molecule is O=C1Nc2cccc3c2C1(CCCCN1CCN2c4ccccc4SCC2C1)CCC3. The average Bonchev–Trinajstić information content (AvgIpc) is 3.10. The molecule has 2 aromatic rings. The number of para-hydroxylation sites is 1. The van der Waals surface area contributed by atoms with E-state index in [4.69, 9.17) is 0 Å². The van der Waals surface area contributed by atoms with Crippen LogP contribution in [0.1, 0.15) is 43.2 Å². The van der Waals surface area contributed by atoms with Crippen molar-refractivity contribution in [3.63, 3.8) is 0 Å². The number of unbranched alkanes of at least 4 members (excludes halogenated alkanes) is 1. The van der Waals surface area contributed by atoms with Gasteiger partial charge in [-0.3, -0.25) is 9.69 Å². The number of benzene rings is 2. The number of anilines is 2. The number of thioether (sulfide) groups is 1. The van der Waals surface area contributed by atoms with Crippen molar-refractivity contribution in [3.05, 3.63) is 53.6 Å². The van der Waals surface area contributed by atoms with Crippen molar-refractivity contribution in [2.75, 3.05) is 42.1 Å². The number of aryl methyl sites for hydroxylation is 1. The van der Waals surface area contributed by atoms with E-state index in [1.807, 2.05) is 11.8 Å². The van der Waals surface area contributed by atoms with Crippen LogP contribution in [0.4, 0.5) is 11.4 Å². The third-order valence-electron chi connectivity index (χ3n) is 7.86. The first-order valence-electron chi connectivity index (χ1n) is 11.9. The van der Waals surface area contributed by atoms with Gasteiger partial charge >= 0.3 is 0 Å². The minimum atomic E-state index is -0.257. The summed E-state index contributed by atoms with van der Waals surface area (Å²) in [6, 6.07) is 15.9. The highest BCUT2D eigenvalue weighted by Gasteiger charge is 2.48. The summed E-state index contributed by atoms with van der Waals surface area (Å²) in [7, 11) is 0. The number of carbonyl (C=O) groups excluding carboxylic acids is 1. The second kappa shape index (κ2) is 7.86. The lowest BCUT2D eigenvalue weighted by Gasteiger charge is -2.45. The highest BCUT2D eigenvalue weighted by Crippen LogP contribution is 2.49. The fraction of sp³-hybridized carbons (Fsp3) is 0.500. The summed E-state index contributed by atoms with van der Waals surface area (Å²) in [5.41, 5.74) is 4.98. The van der Waals surface area contributed by atoms with E-state index in [9.17, 15) is 4.79 Å². The molecule has 1 N–H and O–H groups in total. The fourth-order valence-electron chi connectivity index (χ4n) is 6.36. The lowest BCUT2D eigenvalue weighted by atomic mass is 9.68. The van der Waals surface area contributed by atoms with Gasteiger partial charge in [0.2, 0.25) is 5.91 Å². The normalized spacial score (nSPS) is 26.8. The van der Waals surface area contributed by atoms with Crippen LogP contribution in [0.2, 0.25) is 0 Å². The molecule has 1 fully saturated rings. The number of nitrogens with zero attached hydrogens (tertiary/aromatic N) is 2. The van der Waals surface area contributed by atoms with E-state index >= 15 is 0 Å². The number of carbonyl (C=O) groups is 1. The van der Waals surface area contributed by atoms with Crippen molar-refractivity contribution in [1.29, 1.82) is 0 Å². The van der Waals surface area contributed by atoms with Gasteiger partial charge in [0.1, 0.15) is 0 Å². The standard InChI is InChI=1S/C26H31N3OS/c30-25-26(13-6-8-19-7-5-9-21(27-25)24(19)26)12-3-4-14-28-15-16-29-20(17-28)18-31-23-11-2-1-10-22(23)29/h1-2,5,7,9-11,20H,3-4,6,8,12-18H2,(H,27,30). The van der Waals surface area contributed by atoms with Crippen molar-refractivity contribution in [1.82, 2.24) is 4.90 Å². The van der Waals surface area contributed by atoms with Crippen LogP contribution in [0.5, 0.6) is 0 Å². The van der Waals surface area contributed by atoms with Gasteiger partial charge in [0.15, 0.2) is 0 Å². The Labute approximate surface area is 189 Å². The third kappa shape index (κ3) is 3.28. The van der Waals surface area contributed by atoms with E-state index < -0.39 is 0 Å². The number of rotatable bonds is 5. The topological polar surface area (TPSA) is 35.6 Å². The first-order chi connectivity index (χ1) is 15.2. The highest BCUT2D eigenvalue weighted by molar-refractivity contribution is 7.99. The highest BCUT2D eigenvalue weighted by atomic mass is 32.2. The van der Waals surface area contributed by atoms with Crippen LogP contribution in [0.25, 0.3) is 0 Å². The Hall–Kier alpha value is -1.98. The summed E-state index contributed by atoms with van der Waals surface area (Å²) in [6.45, 7) is 4.60. The molecule has 1 amide bonds.